The zero-order chi connectivity index (χ0) is 23.9. The van der Waals surface area contributed by atoms with Crippen molar-refractivity contribution in [3.63, 3.8) is 0 Å². The monoisotopic (exact) mass is 524 g/mol. The van der Waals surface area contributed by atoms with Gasteiger partial charge in [0.2, 0.25) is 4.96 Å². The number of hydrogen-bond acceptors (Lipinski definition) is 9. The van der Waals surface area contributed by atoms with Gasteiger partial charge in [0.1, 0.15) is 34.4 Å². The van der Waals surface area contributed by atoms with Crippen LogP contribution in [0.4, 0.5) is 0 Å². The van der Waals surface area contributed by atoms with Crippen LogP contribution in [0, 0.1) is 0 Å². The molecule has 0 saturated carbocycles. The number of halogens is 1. The van der Waals surface area contributed by atoms with Crippen LogP contribution in [0.1, 0.15) is 5.69 Å². The lowest BCUT2D eigenvalue weighted by atomic mass is 10.2. The first-order chi connectivity index (χ1) is 17.1. The Balaban J connectivity index is 1.30. The number of furan rings is 1. The SMILES string of the molecule is COc1cc(OCc2csc(-c3ccccc3Cl)n2)c2cc(-c3cn4nc(OC)sc4n3)oc2c1. The lowest BCUT2D eigenvalue weighted by molar-refractivity contribution is 0.303. The summed E-state index contributed by atoms with van der Waals surface area (Å²) in [5, 5.41) is 9.16. The first kappa shape index (κ1) is 21.9. The minimum atomic E-state index is 0.285. The third-order valence-electron chi connectivity index (χ3n) is 5.29. The highest BCUT2D eigenvalue weighted by molar-refractivity contribution is 7.18. The van der Waals surface area contributed by atoms with Gasteiger partial charge < -0.3 is 18.6 Å². The van der Waals surface area contributed by atoms with Crippen molar-refractivity contribution in [3.05, 3.63) is 64.8 Å². The van der Waals surface area contributed by atoms with Gasteiger partial charge in [0.15, 0.2) is 5.76 Å². The first-order valence-electron chi connectivity index (χ1n) is 10.5. The summed E-state index contributed by atoms with van der Waals surface area (Å²) >= 11 is 9.20. The van der Waals surface area contributed by atoms with E-state index >= 15 is 0 Å². The maximum absolute atomic E-state index is 6.32. The number of benzene rings is 2. The van der Waals surface area contributed by atoms with E-state index in [1.54, 1.807) is 24.9 Å². The summed E-state index contributed by atoms with van der Waals surface area (Å²) in [5.74, 6) is 1.85. The number of aromatic nitrogens is 4. The van der Waals surface area contributed by atoms with E-state index in [9.17, 15) is 0 Å². The standard InChI is InChI=1S/C24H17ClN4O4S2/c1-30-14-7-19(32-11-13-12-34-22(26-13)15-5-3-4-6-17(15)25)16-9-21(33-20(16)8-14)18-10-29-23(27-18)35-24(28-29)31-2/h3-10,12H,11H2,1-2H3. The summed E-state index contributed by atoms with van der Waals surface area (Å²) in [7, 11) is 3.18. The van der Waals surface area contributed by atoms with Gasteiger partial charge in [-0.1, -0.05) is 29.8 Å². The number of thiazole rings is 1. The van der Waals surface area contributed by atoms with Crippen LogP contribution in [0.5, 0.6) is 16.7 Å². The molecule has 0 unspecified atom stereocenters. The quantitative estimate of drug-likeness (QED) is 0.233. The van der Waals surface area contributed by atoms with Gasteiger partial charge in [0.25, 0.3) is 5.19 Å². The second-order valence-corrected chi connectivity index (χ2v) is 9.67. The van der Waals surface area contributed by atoms with Crippen LogP contribution in [-0.4, -0.2) is 33.8 Å². The molecule has 0 amide bonds. The Bertz CT molecular complexity index is 1640. The molecule has 0 aliphatic rings. The van der Waals surface area contributed by atoms with Crippen LogP contribution in [0.2, 0.25) is 5.02 Å². The van der Waals surface area contributed by atoms with Crippen molar-refractivity contribution < 1.29 is 18.6 Å². The third kappa shape index (κ3) is 4.09. The number of ether oxygens (including phenoxy) is 3. The van der Waals surface area contributed by atoms with Crippen molar-refractivity contribution in [2.24, 2.45) is 0 Å². The van der Waals surface area contributed by atoms with E-state index < -0.39 is 0 Å². The number of rotatable bonds is 7. The van der Waals surface area contributed by atoms with E-state index in [0.29, 0.717) is 43.7 Å². The molecular weight excluding hydrogens is 508 g/mol. The van der Waals surface area contributed by atoms with Crippen molar-refractivity contribution in [1.29, 1.82) is 0 Å². The molecule has 6 aromatic rings. The van der Waals surface area contributed by atoms with Crippen molar-refractivity contribution >= 4 is 50.2 Å². The Labute approximate surface area is 212 Å². The summed E-state index contributed by atoms with van der Waals surface area (Å²) in [4.78, 5) is 10.0. The highest BCUT2D eigenvalue weighted by atomic mass is 35.5. The third-order valence-corrected chi connectivity index (χ3v) is 7.43. The van der Waals surface area contributed by atoms with Gasteiger partial charge in [-0.05, 0) is 23.5 Å². The molecule has 0 radical (unpaired) electrons. The number of hydrogen-bond donors (Lipinski definition) is 0. The van der Waals surface area contributed by atoms with Crippen LogP contribution in [0.15, 0.2) is 58.5 Å². The van der Waals surface area contributed by atoms with Crippen molar-refractivity contribution in [1.82, 2.24) is 19.6 Å². The van der Waals surface area contributed by atoms with E-state index in [4.69, 9.17) is 30.2 Å². The molecule has 0 fully saturated rings. The van der Waals surface area contributed by atoms with Crippen LogP contribution < -0.4 is 14.2 Å². The topological polar surface area (TPSA) is 83.9 Å². The molecule has 2 aromatic carbocycles. The fourth-order valence-corrected chi connectivity index (χ4v) is 5.44. The molecular formula is C24H17ClN4O4S2. The number of fused-ring (bicyclic) bond motifs is 2. The summed E-state index contributed by atoms with van der Waals surface area (Å²) in [6.07, 6.45) is 1.80. The molecule has 0 spiro atoms. The molecule has 6 rings (SSSR count). The van der Waals surface area contributed by atoms with Crippen molar-refractivity contribution in [2.75, 3.05) is 14.2 Å². The molecule has 11 heteroatoms. The minimum absolute atomic E-state index is 0.285. The molecule has 35 heavy (non-hydrogen) atoms. The van der Waals surface area contributed by atoms with Crippen LogP contribution >= 0.6 is 34.3 Å². The van der Waals surface area contributed by atoms with Gasteiger partial charge >= 0.3 is 0 Å². The fourth-order valence-electron chi connectivity index (χ4n) is 3.61. The highest BCUT2D eigenvalue weighted by Crippen LogP contribution is 2.38. The molecule has 0 saturated heterocycles. The molecule has 0 atom stereocenters. The van der Waals surface area contributed by atoms with Gasteiger partial charge in [0, 0.05) is 23.1 Å². The Kier molecular flexibility index (Phi) is 5.56. The lowest BCUT2D eigenvalue weighted by Gasteiger charge is -2.08. The van der Waals surface area contributed by atoms with Crippen LogP contribution in [0.3, 0.4) is 0 Å². The van der Waals surface area contributed by atoms with Gasteiger partial charge in [0.05, 0.1) is 36.5 Å². The normalized spacial score (nSPS) is 11.4. The number of methoxy groups -OCH3 is 2. The zero-order valence-electron chi connectivity index (χ0n) is 18.5. The van der Waals surface area contributed by atoms with E-state index in [1.807, 2.05) is 47.8 Å². The van der Waals surface area contributed by atoms with Gasteiger partial charge in [-0.15, -0.1) is 16.4 Å². The molecule has 4 aromatic heterocycles. The number of nitrogens with zero attached hydrogens (tertiary/aromatic N) is 4. The Morgan fingerprint density at radius 3 is 2.77 bits per heavy atom. The zero-order valence-corrected chi connectivity index (χ0v) is 20.9. The number of imidazole rings is 1. The van der Waals surface area contributed by atoms with Gasteiger partial charge in [-0.2, -0.15) is 0 Å². The summed E-state index contributed by atoms with van der Waals surface area (Å²) in [6.45, 7) is 0.285. The maximum atomic E-state index is 6.32. The summed E-state index contributed by atoms with van der Waals surface area (Å²) in [6, 6.07) is 13.2. The summed E-state index contributed by atoms with van der Waals surface area (Å²) in [5.41, 5.74) is 3.00. The Morgan fingerprint density at radius 2 is 1.97 bits per heavy atom. The maximum Gasteiger partial charge on any atom is 0.294 e. The first-order valence-corrected chi connectivity index (χ1v) is 12.5. The van der Waals surface area contributed by atoms with Crippen molar-refractivity contribution in [2.45, 2.75) is 6.61 Å². The van der Waals surface area contributed by atoms with Crippen molar-refractivity contribution in [3.8, 4) is 38.7 Å². The molecule has 0 N–H and O–H groups in total. The van der Waals surface area contributed by atoms with E-state index in [-0.39, 0.29) is 6.61 Å². The predicted molar refractivity (Wildman–Crippen MR) is 136 cm³/mol. The van der Waals surface area contributed by atoms with Crippen LogP contribution in [0.25, 0.3) is 38.0 Å². The summed E-state index contributed by atoms with van der Waals surface area (Å²) < 4.78 is 24.6. The van der Waals surface area contributed by atoms with Crippen LogP contribution in [-0.2, 0) is 6.61 Å². The minimum Gasteiger partial charge on any atom is -0.496 e. The molecule has 8 nitrogen and oxygen atoms in total. The van der Waals surface area contributed by atoms with E-state index in [2.05, 4.69) is 15.1 Å². The lowest BCUT2D eigenvalue weighted by Crippen LogP contribution is -1.97. The van der Waals surface area contributed by atoms with Gasteiger partial charge in [-0.25, -0.2) is 14.5 Å². The highest BCUT2D eigenvalue weighted by Gasteiger charge is 2.17. The van der Waals surface area contributed by atoms with Gasteiger partial charge in [-0.3, -0.25) is 0 Å². The predicted octanol–water partition coefficient (Wildman–Crippen LogP) is 6.58. The largest absolute Gasteiger partial charge is 0.496 e. The Morgan fingerprint density at radius 1 is 1.09 bits per heavy atom. The molecule has 4 heterocycles. The fraction of sp³-hybridized carbons (Fsp3) is 0.125. The molecule has 0 aliphatic heterocycles. The van der Waals surface area contributed by atoms with E-state index in [1.165, 1.54) is 22.7 Å². The van der Waals surface area contributed by atoms with E-state index in [0.717, 1.165) is 21.7 Å². The molecule has 0 bridgehead atoms. The second-order valence-electron chi connectivity index (χ2n) is 7.49. The molecule has 0 aliphatic carbocycles. The average Bonchev–Trinajstić information content (AvgIpc) is 3.64. The molecule has 176 valence electrons. The average molecular weight is 525 g/mol. The Hall–Kier alpha value is -3.60. The smallest absolute Gasteiger partial charge is 0.294 e. The second kappa shape index (κ2) is 8.88.